The predicted molar refractivity (Wildman–Crippen MR) is 150 cm³/mol. The van der Waals surface area contributed by atoms with Gasteiger partial charge in [0, 0.05) is 22.0 Å². The number of halogens is 2. The van der Waals surface area contributed by atoms with Gasteiger partial charge in [0.15, 0.2) is 5.76 Å². The number of fused-ring (bicyclic) bond motifs is 2. The Hall–Kier alpha value is -4.02. The molecule has 0 bridgehead atoms. The first kappa shape index (κ1) is 25.6. The molecule has 5 rings (SSSR count). The van der Waals surface area contributed by atoms with Crippen LogP contribution in [0.25, 0.3) is 33.5 Å². The standard InChI is InChI=1S/C27H20BrClN4O5/c1-3-15(2)37-25-20(28)10-16(11-22(25)33(35)36)14-30-32-26(31-21-7-5-4-6-19(21)27(32)34)24-13-17-12-18(29)8-9-23(17)38-24/h4-15H,3H2,1-2H3/t15-/m1/s1. The molecule has 38 heavy (non-hydrogen) atoms. The van der Waals surface area contributed by atoms with E-state index in [1.54, 1.807) is 54.6 Å². The highest BCUT2D eigenvalue weighted by molar-refractivity contribution is 9.10. The van der Waals surface area contributed by atoms with E-state index in [0.29, 0.717) is 43.7 Å². The van der Waals surface area contributed by atoms with Crippen molar-refractivity contribution in [1.82, 2.24) is 9.66 Å². The number of nitro benzene ring substituents is 1. The molecule has 5 aromatic rings. The summed E-state index contributed by atoms with van der Waals surface area (Å²) in [5.41, 5.74) is 0.772. The fourth-order valence-corrected chi connectivity index (χ4v) is 4.59. The SMILES string of the molecule is CC[C@@H](C)Oc1c(Br)cc(C=Nn2c(-c3cc4cc(Cl)ccc4o3)nc3ccccc3c2=O)cc1[N+](=O)[O-]. The molecule has 0 unspecified atom stereocenters. The molecule has 0 saturated carbocycles. The molecule has 1 atom stereocenters. The van der Waals surface area contributed by atoms with E-state index in [9.17, 15) is 14.9 Å². The molecular weight excluding hydrogens is 576 g/mol. The number of benzene rings is 3. The fourth-order valence-electron chi connectivity index (χ4n) is 3.85. The average molecular weight is 596 g/mol. The number of hydrogen-bond acceptors (Lipinski definition) is 7. The van der Waals surface area contributed by atoms with Gasteiger partial charge in [0.2, 0.25) is 11.6 Å². The Kier molecular flexibility index (Phi) is 7.00. The number of nitrogens with zero attached hydrogens (tertiary/aromatic N) is 4. The summed E-state index contributed by atoms with van der Waals surface area (Å²) >= 11 is 9.50. The Morgan fingerprint density at radius 1 is 1.24 bits per heavy atom. The van der Waals surface area contributed by atoms with E-state index in [1.165, 1.54) is 12.3 Å². The smallest absolute Gasteiger partial charge is 0.312 e. The normalized spacial score (nSPS) is 12.4. The second-order valence-corrected chi connectivity index (χ2v) is 9.84. The van der Waals surface area contributed by atoms with E-state index in [-0.39, 0.29) is 23.4 Å². The number of nitro groups is 1. The molecule has 0 saturated heterocycles. The maximum absolute atomic E-state index is 13.5. The van der Waals surface area contributed by atoms with Gasteiger partial charge >= 0.3 is 5.69 Å². The number of hydrogen-bond donors (Lipinski definition) is 0. The summed E-state index contributed by atoms with van der Waals surface area (Å²) < 4.78 is 13.2. The zero-order valence-corrected chi connectivity index (χ0v) is 22.6. The summed E-state index contributed by atoms with van der Waals surface area (Å²) in [6, 6.07) is 16.8. The molecule has 0 amide bonds. The summed E-state index contributed by atoms with van der Waals surface area (Å²) in [4.78, 5) is 29.4. The van der Waals surface area contributed by atoms with Crippen molar-refractivity contribution in [3.05, 3.63) is 96.2 Å². The summed E-state index contributed by atoms with van der Waals surface area (Å²) in [5, 5.41) is 17.8. The molecule has 0 spiro atoms. The summed E-state index contributed by atoms with van der Waals surface area (Å²) in [7, 11) is 0. The first-order valence-electron chi connectivity index (χ1n) is 11.7. The zero-order chi connectivity index (χ0) is 27.0. The van der Waals surface area contributed by atoms with Crippen molar-refractivity contribution < 1.29 is 14.1 Å². The van der Waals surface area contributed by atoms with Gasteiger partial charge < -0.3 is 9.15 Å². The minimum atomic E-state index is -0.519. The second kappa shape index (κ2) is 10.4. The largest absolute Gasteiger partial charge is 0.483 e. The zero-order valence-electron chi connectivity index (χ0n) is 20.2. The highest BCUT2D eigenvalue weighted by atomic mass is 79.9. The fraction of sp³-hybridized carbons (Fsp3) is 0.148. The van der Waals surface area contributed by atoms with Crippen LogP contribution < -0.4 is 10.3 Å². The van der Waals surface area contributed by atoms with Gasteiger partial charge in [-0.1, -0.05) is 30.7 Å². The summed E-state index contributed by atoms with van der Waals surface area (Å²) in [6.45, 7) is 3.76. The van der Waals surface area contributed by atoms with E-state index in [0.717, 1.165) is 10.1 Å². The lowest BCUT2D eigenvalue weighted by atomic mass is 10.2. The van der Waals surface area contributed by atoms with Crippen molar-refractivity contribution in [2.45, 2.75) is 26.4 Å². The van der Waals surface area contributed by atoms with Crippen molar-refractivity contribution >= 4 is 61.3 Å². The molecule has 2 aromatic heterocycles. The Morgan fingerprint density at radius 2 is 2.03 bits per heavy atom. The molecule has 0 fully saturated rings. The molecule has 192 valence electrons. The molecule has 0 aliphatic rings. The van der Waals surface area contributed by atoms with Crippen molar-refractivity contribution in [1.29, 1.82) is 0 Å². The van der Waals surface area contributed by atoms with Crippen LogP contribution in [-0.4, -0.2) is 26.9 Å². The molecule has 0 radical (unpaired) electrons. The Bertz CT molecular complexity index is 1800. The van der Waals surface area contributed by atoms with Crippen LogP contribution in [0.15, 0.2) is 79.4 Å². The minimum Gasteiger partial charge on any atom is -0.483 e. The first-order valence-corrected chi connectivity index (χ1v) is 12.8. The van der Waals surface area contributed by atoms with Gasteiger partial charge in [0.05, 0.1) is 32.6 Å². The van der Waals surface area contributed by atoms with Crippen molar-refractivity contribution in [3.8, 4) is 17.3 Å². The monoisotopic (exact) mass is 594 g/mol. The number of furan rings is 1. The molecule has 0 N–H and O–H groups in total. The average Bonchev–Trinajstić information content (AvgIpc) is 3.32. The van der Waals surface area contributed by atoms with Crippen LogP contribution in [0.3, 0.4) is 0 Å². The molecule has 2 heterocycles. The quantitative estimate of drug-likeness (QED) is 0.112. The van der Waals surface area contributed by atoms with Crippen LogP contribution in [0.5, 0.6) is 5.75 Å². The summed E-state index contributed by atoms with van der Waals surface area (Å²) in [6.07, 6.45) is 1.82. The van der Waals surface area contributed by atoms with E-state index in [1.807, 2.05) is 13.8 Å². The molecular formula is C27H20BrClN4O5. The van der Waals surface area contributed by atoms with Gasteiger partial charge in [-0.2, -0.15) is 9.78 Å². The lowest BCUT2D eigenvalue weighted by Gasteiger charge is -2.14. The lowest BCUT2D eigenvalue weighted by Crippen LogP contribution is -2.20. The molecule has 3 aromatic carbocycles. The predicted octanol–water partition coefficient (Wildman–Crippen LogP) is 7.19. The highest BCUT2D eigenvalue weighted by Crippen LogP contribution is 2.37. The van der Waals surface area contributed by atoms with E-state index >= 15 is 0 Å². The van der Waals surface area contributed by atoms with Crippen molar-refractivity contribution in [3.63, 3.8) is 0 Å². The van der Waals surface area contributed by atoms with Crippen LogP contribution in [-0.2, 0) is 0 Å². The second-order valence-electron chi connectivity index (χ2n) is 8.55. The first-order chi connectivity index (χ1) is 18.2. The van der Waals surface area contributed by atoms with E-state index in [2.05, 4.69) is 26.0 Å². The van der Waals surface area contributed by atoms with Gasteiger partial charge in [-0.3, -0.25) is 14.9 Å². The Labute approximate surface area is 229 Å². The Balaban J connectivity index is 1.66. The van der Waals surface area contributed by atoms with Crippen LogP contribution >= 0.6 is 27.5 Å². The molecule has 11 heteroatoms. The highest BCUT2D eigenvalue weighted by Gasteiger charge is 2.22. The molecule has 0 aliphatic heterocycles. The van der Waals surface area contributed by atoms with Crippen LogP contribution in [0.1, 0.15) is 25.8 Å². The third kappa shape index (κ3) is 4.92. The number of para-hydroxylation sites is 1. The van der Waals surface area contributed by atoms with Gasteiger partial charge in [-0.15, -0.1) is 0 Å². The van der Waals surface area contributed by atoms with Crippen LogP contribution in [0.2, 0.25) is 5.02 Å². The number of rotatable bonds is 7. The topological polar surface area (TPSA) is 113 Å². The third-order valence-electron chi connectivity index (χ3n) is 5.91. The van der Waals surface area contributed by atoms with Gasteiger partial charge in [0.25, 0.3) is 5.56 Å². The van der Waals surface area contributed by atoms with Crippen molar-refractivity contribution in [2.24, 2.45) is 5.10 Å². The van der Waals surface area contributed by atoms with Crippen molar-refractivity contribution in [2.75, 3.05) is 0 Å². The van der Waals surface area contributed by atoms with Gasteiger partial charge in [-0.05, 0) is 71.7 Å². The van der Waals surface area contributed by atoms with Crippen LogP contribution in [0, 0.1) is 10.1 Å². The lowest BCUT2D eigenvalue weighted by molar-refractivity contribution is -0.386. The maximum Gasteiger partial charge on any atom is 0.312 e. The number of aromatic nitrogens is 2. The van der Waals surface area contributed by atoms with Crippen LogP contribution in [0.4, 0.5) is 5.69 Å². The maximum atomic E-state index is 13.5. The summed E-state index contributed by atoms with van der Waals surface area (Å²) in [5.74, 6) is 0.613. The van der Waals surface area contributed by atoms with Gasteiger partial charge in [-0.25, -0.2) is 4.98 Å². The molecule has 9 nitrogen and oxygen atoms in total. The molecule has 0 aliphatic carbocycles. The van der Waals surface area contributed by atoms with E-state index < -0.39 is 10.5 Å². The van der Waals surface area contributed by atoms with Gasteiger partial charge in [0.1, 0.15) is 5.58 Å². The number of ether oxygens (including phenoxy) is 1. The van der Waals surface area contributed by atoms with E-state index in [4.69, 9.17) is 20.8 Å². The third-order valence-corrected chi connectivity index (χ3v) is 6.74. The Morgan fingerprint density at radius 3 is 2.79 bits per heavy atom. The minimum absolute atomic E-state index is 0.132.